The van der Waals surface area contributed by atoms with E-state index in [1.807, 2.05) is 13.8 Å². The molecule has 0 saturated carbocycles. The molecule has 0 aliphatic carbocycles. The molecule has 0 radical (unpaired) electrons. The standard InChI is InChI=1S/C28H54O4/c1-5-7-9-11-13-17-21-26(22-18-14-12-10-8-6-2)32-27(30)28(3,4)23-19-15-16-20-24-31-25-29/h25-26H,5-24H2,1-4H3. The highest BCUT2D eigenvalue weighted by Gasteiger charge is 2.30. The highest BCUT2D eigenvalue weighted by molar-refractivity contribution is 5.76. The number of ether oxygens (including phenoxy) is 2. The molecule has 0 atom stereocenters. The molecule has 190 valence electrons. The van der Waals surface area contributed by atoms with Crippen molar-refractivity contribution in [3.8, 4) is 0 Å². The van der Waals surface area contributed by atoms with E-state index in [1.54, 1.807) is 0 Å². The summed E-state index contributed by atoms with van der Waals surface area (Å²) in [5.74, 6) is -0.0243. The second-order valence-electron chi connectivity index (χ2n) is 10.2. The lowest BCUT2D eigenvalue weighted by Crippen LogP contribution is -2.31. The molecule has 0 fully saturated rings. The zero-order valence-electron chi connectivity index (χ0n) is 21.9. The van der Waals surface area contributed by atoms with Crippen molar-refractivity contribution < 1.29 is 19.1 Å². The summed E-state index contributed by atoms with van der Waals surface area (Å²) in [5, 5.41) is 0. The minimum absolute atomic E-state index is 0.0243. The monoisotopic (exact) mass is 454 g/mol. The van der Waals surface area contributed by atoms with E-state index in [9.17, 15) is 9.59 Å². The van der Waals surface area contributed by atoms with Crippen LogP contribution in [0.2, 0.25) is 0 Å². The molecule has 32 heavy (non-hydrogen) atoms. The van der Waals surface area contributed by atoms with Crippen LogP contribution in [0.25, 0.3) is 0 Å². The minimum atomic E-state index is -0.431. The van der Waals surface area contributed by atoms with E-state index < -0.39 is 5.41 Å². The molecular weight excluding hydrogens is 400 g/mol. The Kier molecular flexibility index (Phi) is 21.0. The fraction of sp³-hybridized carbons (Fsp3) is 0.929. The summed E-state index contributed by atoms with van der Waals surface area (Å²) in [6, 6.07) is 0. The predicted molar refractivity (Wildman–Crippen MR) is 135 cm³/mol. The largest absolute Gasteiger partial charge is 0.468 e. The van der Waals surface area contributed by atoms with Gasteiger partial charge in [0.1, 0.15) is 6.10 Å². The summed E-state index contributed by atoms with van der Waals surface area (Å²) in [6.45, 7) is 9.55. The van der Waals surface area contributed by atoms with Crippen LogP contribution in [-0.4, -0.2) is 25.2 Å². The van der Waals surface area contributed by atoms with E-state index in [-0.39, 0.29) is 12.1 Å². The molecule has 4 heteroatoms. The highest BCUT2D eigenvalue weighted by atomic mass is 16.5. The zero-order valence-corrected chi connectivity index (χ0v) is 21.9. The number of carbonyl (C=O) groups excluding carboxylic acids is 2. The molecule has 0 heterocycles. The van der Waals surface area contributed by atoms with Crippen LogP contribution in [-0.2, 0) is 19.1 Å². The molecule has 0 saturated heterocycles. The third-order valence-corrected chi connectivity index (χ3v) is 6.47. The minimum Gasteiger partial charge on any atom is -0.468 e. The molecule has 0 aliphatic heterocycles. The topological polar surface area (TPSA) is 52.6 Å². The van der Waals surface area contributed by atoms with Crippen molar-refractivity contribution >= 4 is 12.4 Å². The van der Waals surface area contributed by atoms with Gasteiger partial charge in [0.25, 0.3) is 6.47 Å². The lowest BCUT2D eigenvalue weighted by molar-refractivity contribution is -0.161. The molecule has 0 N–H and O–H groups in total. The van der Waals surface area contributed by atoms with Crippen LogP contribution in [0.4, 0.5) is 0 Å². The highest BCUT2D eigenvalue weighted by Crippen LogP contribution is 2.28. The van der Waals surface area contributed by atoms with Crippen LogP contribution < -0.4 is 0 Å². The summed E-state index contributed by atoms with van der Waals surface area (Å²) in [7, 11) is 0. The second-order valence-corrected chi connectivity index (χ2v) is 10.2. The third-order valence-electron chi connectivity index (χ3n) is 6.47. The first kappa shape index (κ1) is 30.9. The van der Waals surface area contributed by atoms with E-state index >= 15 is 0 Å². The third kappa shape index (κ3) is 18.5. The van der Waals surface area contributed by atoms with Crippen LogP contribution >= 0.6 is 0 Å². The van der Waals surface area contributed by atoms with Crippen molar-refractivity contribution in [3.05, 3.63) is 0 Å². The Morgan fingerprint density at radius 2 is 1.19 bits per heavy atom. The van der Waals surface area contributed by atoms with Crippen LogP contribution in [0, 0.1) is 5.41 Å². The van der Waals surface area contributed by atoms with Gasteiger partial charge in [0.2, 0.25) is 0 Å². The molecule has 0 aromatic carbocycles. The Labute approximate surface area is 199 Å². The zero-order chi connectivity index (χ0) is 23.9. The van der Waals surface area contributed by atoms with Crippen LogP contribution in [0.5, 0.6) is 0 Å². The molecule has 0 aliphatic rings. The number of unbranched alkanes of at least 4 members (excludes halogenated alkanes) is 13. The molecule has 0 unspecified atom stereocenters. The maximum atomic E-state index is 12.9. The van der Waals surface area contributed by atoms with Gasteiger partial charge in [-0.2, -0.15) is 0 Å². The van der Waals surface area contributed by atoms with E-state index in [0.717, 1.165) is 44.9 Å². The molecule has 0 spiro atoms. The molecule has 0 aromatic rings. The predicted octanol–water partition coefficient (Wildman–Crippen LogP) is 8.55. The Morgan fingerprint density at radius 1 is 0.719 bits per heavy atom. The first-order valence-corrected chi connectivity index (χ1v) is 13.7. The van der Waals surface area contributed by atoms with Gasteiger partial charge in [-0.05, 0) is 52.4 Å². The number of hydrogen-bond donors (Lipinski definition) is 0. The van der Waals surface area contributed by atoms with Gasteiger partial charge in [0.15, 0.2) is 0 Å². The Morgan fingerprint density at radius 3 is 1.72 bits per heavy atom. The van der Waals surface area contributed by atoms with Gasteiger partial charge in [0, 0.05) is 0 Å². The van der Waals surface area contributed by atoms with Gasteiger partial charge in [-0.15, -0.1) is 0 Å². The van der Waals surface area contributed by atoms with E-state index in [2.05, 4.69) is 13.8 Å². The number of carbonyl (C=O) groups is 2. The molecule has 0 bridgehead atoms. The first-order valence-electron chi connectivity index (χ1n) is 13.7. The molecule has 0 rings (SSSR count). The van der Waals surface area contributed by atoms with Crippen LogP contribution in [0.15, 0.2) is 0 Å². The summed E-state index contributed by atoms with van der Waals surface area (Å²) < 4.78 is 10.8. The van der Waals surface area contributed by atoms with E-state index in [1.165, 1.54) is 77.0 Å². The summed E-state index contributed by atoms with van der Waals surface area (Å²) in [4.78, 5) is 23.1. The number of rotatable bonds is 24. The van der Waals surface area contributed by atoms with Crippen molar-refractivity contribution in [2.24, 2.45) is 5.41 Å². The van der Waals surface area contributed by atoms with Crippen molar-refractivity contribution in [1.29, 1.82) is 0 Å². The van der Waals surface area contributed by atoms with Gasteiger partial charge in [-0.3, -0.25) is 9.59 Å². The van der Waals surface area contributed by atoms with Gasteiger partial charge in [0.05, 0.1) is 12.0 Å². The number of hydrogen-bond acceptors (Lipinski definition) is 4. The van der Waals surface area contributed by atoms with E-state index in [4.69, 9.17) is 9.47 Å². The lowest BCUT2D eigenvalue weighted by Gasteiger charge is -2.27. The average Bonchev–Trinajstić information content (AvgIpc) is 2.77. The van der Waals surface area contributed by atoms with Gasteiger partial charge in [-0.1, -0.05) is 97.3 Å². The van der Waals surface area contributed by atoms with Crippen molar-refractivity contribution in [2.45, 2.75) is 156 Å². The summed E-state index contributed by atoms with van der Waals surface area (Å²) in [5.41, 5.74) is -0.431. The fourth-order valence-electron chi connectivity index (χ4n) is 4.13. The first-order chi connectivity index (χ1) is 15.5. The Bertz CT molecular complexity index is 417. The average molecular weight is 455 g/mol. The second kappa shape index (κ2) is 21.8. The lowest BCUT2D eigenvalue weighted by atomic mass is 9.86. The van der Waals surface area contributed by atoms with Crippen molar-refractivity contribution in [3.63, 3.8) is 0 Å². The van der Waals surface area contributed by atoms with Crippen LogP contribution in [0.3, 0.4) is 0 Å². The van der Waals surface area contributed by atoms with Gasteiger partial charge < -0.3 is 9.47 Å². The SMILES string of the molecule is CCCCCCCCC(CCCCCCCC)OC(=O)C(C)(C)CCCCCCOC=O. The summed E-state index contributed by atoms with van der Waals surface area (Å²) >= 11 is 0. The van der Waals surface area contributed by atoms with Gasteiger partial charge in [-0.25, -0.2) is 0 Å². The molecule has 4 nitrogen and oxygen atoms in total. The van der Waals surface area contributed by atoms with E-state index in [0.29, 0.717) is 13.1 Å². The Hall–Kier alpha value is -1.06. The normalized spacial score (nSPS) is 11.7. The Balaban J connectivity index is 4.36. The molecule has 0 amide bonds. The summed E-state index contributed by atoms with van der Waals surface area (Å²) in [6.07, 6.45) is 22.2. The fourth-order valence-corrected chi connectivity index (χ4v) is 4.13. The van der Waals surface area contributed by atoms with Crippen molar-refractivity contribution in [2.75, 3.05) is 6.61 Å². The van der Waals surface area contributed by atoms with Gasteiger partial charge >= 0.3 is 5.97 Å². The van der Waals surface area contributed by atoms with Crippen LogP contribution in [0.1, 0.15) is 150 Å². The smallest absolute Gasteiger partial charge is 0.311 e. The molecule has 0 aromatic heterocycles. The maximum Gasteiger partial charge on any atom is 0.311 e. The quantitative estimate of drug-likeness (QED) is 0.0832. The molecular formula is C28H54O4. The van der Waals surface area contributed by atoms with Crippen molar-refractivity contribution in [1.82, 2.24) is 0 Å². The maximum absolute atomic E-state index is 12.9. The number of esters is 1.